The molecule has 0 amide bonds. The predicted octanol–water partition coefficient (Wildman–Crippen LogP) is 0.882. The van der Waals surface area contributed by atoms with Crippen LogP contribution in [0.2, 0.25) is 0 Å². The van der Waals surface area contributed by atoms with Gasteiger partial charge in [0.15, 0.2) is 0 Å². The second-order valence-electron chi connectivity index (χ2n) is 2.62. The van der Waals surface area contributed by atoms with Gasteiger partial charge in [-0.25, -0.2) is 4.79 Å². The molecule has 3 N–H and O–H groups in total. The van der Waals surface area contributed by atoms with E-state index in [0.717, 1.165) is 0 Å². The number of carbonyl (C=O) groups excluding carboxylic acids is 1. The zero-order chi connectivity index (χ0) is 10.6. The van der Waals surface area contributed by atoms with E-state index < -0.39 is 5.97 Å². The van der Waals surface area contributed by atoms with E-state index in [2.05, 4.69) is 10.3 Å². The van der Waals surface area contributed by atoms with Crippen LogP contribution < -0.4 is 11.1 Å². The first-order chi connectivity index (χ1) is 6.70. The van der Waals surface area contributed by atoms with Crippen molar-refractivity contribution in [3.8, 4) is 0 Å². The molecule has 0 aromatic carbocycles. The number of hydrogen-bond acceptors (Lipinski definition) is 5. The summed E-state index contributed by atoms with van der Waals surface area (Å²) in [6.07, 6.45) is 2.95. The molecular weight excluding hydrogens is 182 g/mol. The van der Waals surface area contributed by atoms with Crippen LogP contribution in [0.15, 0.2) is 12.4 Å². The molecule has 0 radical (unpaired) electrons. The third kappa shape index (κ3) is 1.93. The highest BCUT2D eigenvalue weighted by molar-refractivity contribution is 5.97. The molecule has 0 atom stereocenters. The summed E-state index contributed by atoms with van der Waals surface area (Å²) in [6.45, 7) is 2.06. The standard InChI is InChI=1S/C9H13N3O2/c1-3-14-9(13)6-4-12-5-7(11-2)8(6)10/h4-5,11H,3H2,1-2H3,(H2,10,12). The fourth-order valence-electron chi connectivity index (χ4n) is 1.04. The number of hydrogen-bond donors (Lipinski definition) is 2. The minimum atomic E-state index is -0.449. The molecule has 0 bridgehead atoms. The SMILES string of the molecule is CCOC(=O)c1cncc(NC)c1N. The van der Waals surface area contributed by atoms with E-state index in [4.69, 9.17) is 10.5 Å². The van der Waals surface area contributed by atoms with Gasteiger partial charge in [-0.3, -0.25) is 4.98 Å². The molecule has 1 aromatic rings. The van der Waals surface area contributed by atoms with Crippen LogP contribution in [0.3, 0.4) is 0 Å². The Morgan fingerprint density at radius 2 is 2.36 bits per heavy atom. The van der Waals surface area contributed by atoms with Crippen LogP contribution >= 0.6 is 0 Å². The van der Waals surface area contributed by atoms with Gasteiger partial charge in [0.25, 0.3) is 0 Å². The van der Waals surface area contributed by atoms with Crippen LogP contribution in [-0.4, -0.2) is 24.6 Å². The zero-order valence-corrected chi connectivity index (χ0v) is 8.20. The number of nitrogens with two attached hydrogens (primary N) is 1. The minimum Gasteiger partial charge on any atom is -0.462 e. The molecule has 0 saturated heterocycles. The van der Waals surface area contributed by atoms with Gasteiger partial charge in [0.05, 0.1) is 24.2 Å². The summed E-state index contributed by atoms with van der Waals surface area (Å²) in [5.74, 6) is -0.449. The molecule has 1 aromatic heterocycles. The molecule has 14 heavy (non-hydrogen) atoms. The van der Waals surface area contributed by atoms with Crippen molar-refractivity contribution in [1.29, 1.82) is 0 Å². The van der Waals surface area contributed by atoms with Crippen molar-refractivity contribution in [3.05, 3.63) is 18.0 Å². The first-order valence-electron chi connectivity index (χ1n) is 4.29. The lowest BCUT2D eigenvalue weighted by Gasteiger charge is -2.08. The van der Waals surface area contributed by atoms with Crippen molar-refractivity contribution < 1.29 is 9.53 Å². The quantitative estimate of drug-likeness (QED) is 0.700. The van der Waals surface area contributed by atoms with Gasteiger partial charge < -0.3 is 15.8 Å². The van der Waals surface area contributed by atoms with Crippen molar-refractivity contribution >= 4 is 17.3 Å². The van der Waals surface area contributed by atoms with Crippen molar-refractivity contribution in [2.45, 2.75) is 6.92 Å². The number of nitrogens with zero attached hydrogens (tertiary/aromatic N) is 1. The smallest absolute Gasteiger partial charge is 0.341 e. The maximum absolute atomic E-state index is 11.4. The highest BCUT2D eigenvalue weighted by atomic mass is 16.5. The molecule has 5 nitrogen and oxygen atoms in total. The maximum Gasteiger partial charge on any atom is 0.341 e. The number of aromatic nitrogens is 1. The van der Waals surface area contributed by atoms with E-state index in [0.29, 0.717) is 23.5 Å². The van der Waals surface area contributed by atoms with Crippen LogP contribution in [0, 0.1) is 0 Å². The molecule has 0 fully saturated rings. The van der Waals surface area contributed by atoms with Gasteiger partial charge in [-0.05, 0) is 6.92 Å². The molecule has 0 unspecified atom stereocenters. The Morgan fingerprint density at radius 3 is 2.93 bits per heavy atom. The summed E-state index contributed by atoms with van der Waals surface area (Å²) < 4.78 is 4.82. The molecule has 1 rings (SSSR count). The van der Waals surface area contributed by atoms with Crippen molar-refractivity contribution in [2.24, 2.45) is 0 Å². The van der Waals surface area contributed by atoms with Gasteiger partial charge in [0.2, 0.25) is 0 Å². The number of nitrogens with one attached hydrogen (secondary N) is 1. The predicted molar refractivity (Wildman–Crippen MR) is 54.2 cm³/mol. The molecule has 0 aliphatic rings. The number of rotatable bonds is 3. The monoisotopic (exact) mass is 195 g/mol. The summed E-state index contributed by atoms with van der Waals surface area (Å²) in [4.78, 5) is 15.2. The summed E-state index contributed by atoms with van der Waals surface area (Å²) in [6, 6.07) is 0. The van der Waals surface area contributed by atoms with E-state index in [1.54, 1.807) is 20.2 Å². The van der Waals surface area contributed by atoms with E-state index in [9.17, 15) is 4.79 Å². The van der Waals surface area contributed by atoms with Gasteiger partial charge in [-0.1, -0.05) is 0 Å². The lowest BCUT2D eigenvalue weighted by molar-refractivity contribution is 0.0527. The van der Waals surface area contributed by atoms with Crippen LogP contribution in [0.1, 0.15) is 17.3 Å². The topological polar surface area (TPSA) is 77.2 Å². The third-order valence-electron chi connectivity index (χ3n) is 1.75. The van der Waals surface area contributed by atoms with Gasteiger partial charge >= 0.3 is 5.97 Å². The number of pyridine rings is 1. The Hall–Kier alpha value is -1.78. The molecular formula is C9H13N3O2. The van der Waals surface area contributed by atoms with E-state index in [1.165, 1.54) is 6.20 Å². The Labute approximate surface area is 82.3 Å². The molecule has 0 aliphatic carbocycles. The van der Waals surface area contributed by atoms with Crippen LogP contribution in [-0.2, 0) is 4.74 Å². The second kappa shape index (κ2) is 4.45. The molecule has 5 heteroatoms. The fourth-order valence-corrected chi connectivity index (χ4v) is 1.04. The molecule has 1 heterocycles. The largest absolute Gasteiger partial charge is 0.462 e. The fraction of sp³-hybridized carbons (Fsp3) is 0.333. The first kappa shape index (κ1) is 10.3. The average Bonchev–Trinajstić information content (AvgIpc) is 2.18. The summed E-state index contributed by atoms with van der Waals surface area (Å²) >= 11 is 0. The number of esters is 1. The van der Waals surface area contributed by atoms with Crippen LogP contribution in [0.4, 0.5) is 11.4 Å². The van der Waals surface area contributed by atoms with Gasteiger partial charge in [0.1, 0.15) is 5.56 Å². The number of carbonyl (C=O) groups is 1. The van der Waals surface area contributed by atoms with E-state index >= 15 is 0 Å². The number of ether oxygens (including phenoxy) is 1. The van der Waals surface area contributed by atoms with E-state index in [1.807, 2.05) is 0 Å². The summed E-state index contributed by atoms with van der Waals surface area (Å²) in [7, 11) is 1.71. The Bertz CT molecular complexity index is 339. The van der Waals surface area contributed by atoms with Gasteiger partial charge in [-0.2, -0.15) is 0 Å². The lowest BCUT2D eigenvalue weighted by atomic mass is 10.2. The van der Waals surface area contributed by atoms with Gasteiger partial charge in [0, 0.05) is 13.2 Å². The zero-order valence-electron chi connectivity index (χ0n) is 8.20. The Kier molecular flexibility index (Phi) is 3.28. The highest BCUT2D eigenvalue weighted by Gasteiger charge is 2.13. The van der Waals surface area contributed by atoms with Crippen LogP contribution in [0.5, 0.6) is 0 Å². The molecule has 0 saturated carbocycles. The van der Waals surface area contributed by atoms with Crippen molar-refractivity contribution in [1.82, 2.24) is 4.98 Å². The molecule has 0 spiro atoms. The second-order valence-corrected chi connectivity index (χ2v) is 2.62. The normalized spacial score (nSPS) is 9.57. The highest BCUT2D eigenvalue weighted by Crippen LogP contribution is 2.20. The number of anilines is 2. The van der Waals surface area contributed by atoms with Crippen molar-refractivity contribution in [2.75, 3.05) is 24.7 Å². The third-order valence-corrected chi connectivity index (χ3v) is 1.75. The summed E-state index contributed by atoms with van der Waals surface area (Å²) in [5, 5.41) is 2.84. The Morgan fingerprint density at radius 1 is 1.64 bits per heavy atom. The first-order valence-corrected chi connectivity index (χ1v) is 4.29. The lowest BCUT2D eigenvalue weighted by Crippen LogP contribution is -2.10. The number of nitrogen functional groups attached to an aromatic ring is 1. The van der Waals surface area contributed by atoms with Gasteiger partial charge in [-0.15, -0.1) is 0 Å². The Balaban J connectivity index is 3.03. The summed E-state index contributed by atoms with van der Waals surface area (Å²) in [5.41, 5.74) is 7.00. The minimum absolute atomic E-state index is 0.290. The molecule has 76 valence electrons. The van der Waals surface area contributed by atoms with E-state index in [-0.39, 0.29) is 0 Å². The van der Waals surface area contributed by atoms with Crippen molar-refractivity contribution in [3.63, 3.8) is 0 Å². The van der Waals surface area contributed by atoms with Crippen LogP contribution in [0.25, 0.3) is 0 Å². The maximum atomic E-state index is 11.4. The average molecular weight is 195 g/mol. The molecule has 0 aliphatic heterocycles.